The maximum absolute atomic E-state index is 13.3. The Bertz CT molecular complexity index is 1140. The number of aromatic nitrogens is 2. The van der Waals surface area contributed by atoms with E-state index in [2.05, 4.69) is 11.1 Å². The zero-order valence-electron chi connectivity index (χ0n) is 16.9. The number of hydrogen-bond donors (Lipinski definition) is 1. The SMILES string of the molecule is CN(C)Cc1ccc2n(c1=O)C[C@H]1C[C@@H]2CN(C(=O)c2cccc3cc[nH]c23)C1. The molecule has 2 aliphatic rings. The lowest BCUT2D eigenvalue weighted by Gasteiger charge is -2.43. The Labute approximate surface area is 169 Å². The highest BCUT2D eigenvalue weighted by Crippen LogP contribution is 2.36. The predicted octanol–water partition coefficient (Wildman–Crippen LogP) is 2.65. The molecule has 0 unspecified atom stereocenters. The average molecular weight is 390 g/mol. The van der Waals surface area contributed by atoms with Gasteiger partial charge in [-0.3, -0.25) is 9.59 Å². The van der Waals surface area contributed by atoms with E-state index in [1.165, 1.54) is 0 Å². The van der Waals surface area contributed by atoms with Gasteiger partial charge in [0.2, 0.25) is 0 Å². The van der Waals surface area contributed by atoms with E-state index < -0.39 is 0 Å². The molecule has 3 aromatic rings. The van der Waals surface area contributed by atoms with Gasteiger partial charge in [0.1, 0.15) is 0 Å². The van der Waals surface area contributed by atoms with Gasteiger partial charge in [0.05, 0.1) is 11.1 Å². The van der Waals surface area contributed by atoms with Crippen LogP contribution in [0.4, 0.5) is 0 Å². The van der Waals surface area contributed by atoms with Crippen LogP contribution in [0.2, 0.25) is 0 Å². The van der Waals surface area contributed by atoms with Crippen molar-refractivity contribution in [2.24, 2.45) is 5.92 Å². The minimum absolute atomic E-state index is 0.0766. The van der Waals surface area contributed by atoms with Crippen molar-refractivity contribution in [2.75, 3.05) is 27.2 Å². The van der Waals surface area contributed by atoms with Gasteiger partial charge in [0.25, 0.3) is 11.5 Å². The number of rotatable bonds is 3. The first kappa shape index (κ1) is 18.2. The molecule has 1 N–H and O–H groups in total. The number of piperidine rings is 1. The molecule has 0 saturated carbocycles. The summed E-state index contributed by atoms with van der Waals surface area (Å²) in [5.41, 5.74) is 3.67. The number of carbonyl (C=O) groups is 1. The topological polar surface area (TPSA) is 61.3 Å². The van der Waals surface area contributed by atoms with Crippen LogP contribution in [0.1, 0.15) is 34.0 Å². The van der Waals surface area contributed by atoms with Crippen LogP contribution in [0, 0.1) is 5.92 Å². The molecule has 0 aliphatic carbocycles. The van der Waals surface area contributed by atoms with Crippen molar-refractivity contribution < 1.29 is 4.79 Å². The lowest BCUT2D eigenvalue weighted by molar-refractivity contribution is 0.0596. The van der Waals surface area contributed by atoms with E-state index in [0.717, 1.165) is 34.1 Å². The van der Waals surface area contributed by atoms with Crippen molar-refractivity contribution in [1.29, 1.82) is 0 Å². The summed E-state index contributed by atoms with van der Waals surface area (Å²) in [4.78, 5) is 33.5. The van der Waals surface area contributed by atoms with Gasteiger partial charge >= 0.3 is 0 Å². The molecular weight excluding hydrogens is 364 g/mol. The van der Waals surface area contributed by atoms with Gasteiger partial charge in [0.15, 0.2) is 0 Å². The Balaban J connectivity index is 1.45. The van der Waals surface area contributed by atoms with Gasteiger partial charge < -0.3 is 19.4 Å². The van der Waals surface area contributed by atoms with Crippen LogP contribution in [0.15, 0.2) is 47.4 Å². The predicted molar refractivity (Wildman–Crippen MR) is 113 cm³/mol. The zero-order chi connectivity index (χ0) is 20.1. The summed E-state index contributed by atoms with van der Waals surface area (Å²) in [6.45, 7) is 2.72. The zero-order valence-corrected chi connectivity index (χ0v) is 16.9. The second-order valence-corrected chi connectivity index (χ2v) is 8.69. The fourth-order valence-corrected chi connectivity index (χ4v) is 5.05. The normalized spacial score (nSPS) is 20.9. The maximum atomic E-state index is 13.3. The third kappa shape index (κ3) is 3.08. The Kier molecular flexibility index (Phi) is 4.32. The average Bonchev–Trinajstić information content (AvgIpc) is 3.18. The van der Waals surface area contributed by atoms with Crippen molar-refractivity contribution in [2.45, 2.75) is 25.4 Å². The first-order valence-corrected chi connectivity index (χ1v) is 10.2. The lowest BCUT2D eigenvalue weighted by atomic mass is 9.82. The van der Waals surface area contributed by atoms with Crippen LogP contribution < -0.4 is 5.56 Å². The quantitative estimate of drug-likeness (QED) is 0.748. The van der Waals surface area contributed by atoms with Crippen molar-refractivity contribution in [3.63, 3.8) is 0 Å². The standard InChI is InChI=1S/C23H26N4O2/c1-25(2)13-17-6-7-20-18-10-15(12-27(20)22(17)28)11-26(14-18)23(29)19-5-3-4-16-8-9-24-21(16)19/h3-9,15,18,24H,10-14H2,1-2H3/t15-,18+/m0/s1. The molecule has 6 heteroatoms. The van der Waals surface area contributed by atoms with Gasteiger partial charge in [-0.25, -0.2) is 0 Å². The molecule has 2 aliphatic heterocycles. The molecular formula is C23H26N4O2. The van der Waals surface area contributed by atoms with Gasteiger partial charge in [-0.2, -0.15) is 0 Å². The third-order valence-electron chi connectivity index (χ3n) is 6.27. The van der Waals surface area contributed by atoms with E-state index in [0.29, 0.717) is 32.1 Å². The van der Waals surface area contributed by atoms with Crippen LogP contribution in [-0.2, 0) is 13.1 Å². The minimum Gasteiger partial charge on any atom is -0.361 e. The third-order valence-corrected chi connectivity index (χ3v) is 6.27. The molecule has 1 saturated heterocycles. The van der Waals surface area contributed by atoms with Gasteiger partial charge in [-0.05, 0) is 44.6 Å². The Hall–Kier alpha value is -2.86. The first-order chi connectivity index (χ1) is 14.0. The van der Waals surface area contributed by atoms with E-state index in [4.69, 9.17) is 0 Å². The number of carbonyl (C=O) groups excluding carboxylic acids is 1. The fraction of sp³-hybridized carbons (Fsp3) is 0.391. The van der Waals surface area contributed by atoms with E-state index in [1.54, 1.807) is 0 Å². The highest BCUT2D eigenvalue weighted by atomic mass is 16.2. The minimum atomic E-state index is 0.0766. The van der Waals surface area contributed by atoms with Crippen molar-refractivity contribution in [1.82, 2.24) is 19.4 Å². The van der Waals surface area contributed by atoms with E-state index >= 15 is 0 Å². The number of H-pyrrole nitrogens is 1. The lowest BCUT2D eigenvalue weighted by Crippen LogP contribution is -2.49. The Morgan fingerprint density at radius 2 is 2.00 bits per heavy atom. The highest BCUT2D eigenvalue weighted by Gasteiger charge is 2.37. The maximum Gasteiger partial charge on any atom is 0.256 e. The Morgan fingerprint density at radius 3 is 2.83 bits per heavy atom. The summed E-state index contributed by atoms with van der Waals surface area (Å²) in [5.74, 6) is 0.614. The van der Waals surface area contributed by atoms with Crippen LogP contribution in [0.25, 0.3) is 10.9 Å². The summed E-state index contributed by atoms with van der Waals surface area (Å²) in [5, 5.41) is 1.05. The van der Waals surface area contributed by atoms with Gasteiger partial charge in [-0.1, -0.05) is 18.2 Å². The van der Waals surface area contributed by atoms with Gasteiger partial charge in [0, 0.05) is 54.9 Å². The smallest absolute Gasteiger partial charge is 0.256 e. The van der Waals surface area contributed by atoms with Crippen molar-refractivity contribution in [3.8, 4) is 0 Å². The number of nitrogens with zero attached hydrogens (tertiary/aromatic N) is 3. The number of benzene rings is 1. The summed E-state index contributed by atoms with van der Waals surface area (Å²) < 4.78 is 1.96. The summed E-state index contributed by atoms with van der Waals surface area (Å²) >= 11 is 0. The van der Waals surface area contributed by atoms with Crippen LogP contribution in [0.5, 0.6) is 0 Å². The molecule has 4 heterocycles. The number of amides is 1. The monoisotopic (exact) mass is 390 g/mol. The number of fused-ring (bicyclic) bond motifs is 5. The summed E-state index contributed by atoms with van der Waals surface area (Å²) in [6.07, 6.45) is 2.92. The number of aromatic amines is 1. The number of likely N-dealkylation sites (tertiary alicyclic amines) is 1. The molecule has 2 atom stereocenters. The fourth-order valence-electron chi connectivity index (χ4n) is 5.05. The molecule has 0 spiro atoms. The van der Waals surface area contributed by atoms with E-state index in [1.807, 2.05) is 65.0 Å². The Morgan fingerprint density at radius 1 is 1.14 bits per heavy atom. The summed E-state index contributed by atoms with van der Waals surface area (Å²) in [6, 6.07) is 11.9. The molecule has 2 bridgehead atoms. The second-order valence-electron chi connectivity index (χ2n) is 8.69. The summed E-state index contributed by atoms with van der Waals surface area (Å²) in [7, 11) is 3.96. The number of hydrogen-bond acceptors (Lipinski definition) is 3. The molecule has 29 heavy (non-hydrogen) atoms. The molecule has 1 fully saturated rings. The van der Waals surface area contributed by atoms with Crippen molar-refractivity contribution in [3.05, 3.63) is 69.8 Å². The molecule has 2 aromatic heterocycles. The van der Waals surface area contributed by atoms with Gasteiger partial charge in [-0.15, -0.1) is 0 Å². The molecule has 1 aromatic carbocycles. The molecule has 150 valence electrons. The van der Waals surface area contributed by atoms with E-state index in [9.17, 15) is 9.59 Å². The van der Waals surface area contributed by atoms with Crippen LogP contribution >= 0.6 is 0 Å². The number of para-hydroxylation sites is 1. The van der Waals surface area contributed by atoms with E-state index in [-0.39, 0.29) is 17.4 Å². The molecule has 1 amide bonds. The molecule has 0 radical (unpaired) electrons. The second kappa shape index (κ2) is 6.88. The van der Waals surface area contributed by atoms with Crippen molar-refractivity contribution >= 4 is 16.8 Å². The first-order valence-electron chi connectivity index (χ1n) is 10.2. The highest BCUT2D eigenvalue weighted by molar-refractivity contribution is 6.05. The number of nitrogens with one attached hydrogen (secondary N) is 1. The largest absolute Gasteiger partial charge is 0.361 e. The van der Waals surface area contributed by atoms with Crippen LogP contribution in [-0.4, -0.2) is 52.4 Å². The molecule has 5 rings (SSSR count). The molecule has 6 nitrogen and oxygen atoms in total. The van der Waals surface area contributed by atoms with Crippen LogP contribution in [0.3, 0.4) is 0 Å². The number of pyridine rings is 1.